The summed E-state index contributed by atoms with van der Waals surface area (Å²) in [6.45, 7) is 0. The number of amidine groups is 1. The standard InChI is InChI=1S/C19H25N3O4S/c1-25-14-9-8-13(10-15(14)26-2)20-17(23)11-16-18(24)22-19(27-16)21-12-6-4-3-5-7-12/h8-10,12,16H,3-7,11H2,1-2H3,(H,20,23)(H,21,22,24). The van der Waals surface area contributed by atoms with Crippen LogP contribution in [-0.4, -0.2) is 42.5 Å². The molecule has 1 heterocycles. The number of hydrogen-bond donors (Lipinski definition) is 2. The maximum Gasteiger partial charge on any atom is 0.240 e. The van der Waals surface area contributed by atoms with E-state index in [2.05, 4.69) is 15.6 Å². The zero-order valence-electron chi connectivity index (χ0n) is 15.6. The van der Waals surface area contributed by atoms with Crippen LogP contribution in [0.25, 0.3) is 0 Å². The first-order chi connectivity index (χ1) is 13.1. The Morgan fingerprint density at radius 2 is 1.96 bits per heavy atom. The van der Waals surface area contributed by atoms with Crippen molar-refractivity contribution in [2.45, 2.75) is 49.8 Å². The number of ether oxygens (including phenoxy) is 2. The molecule has 1 aliphatic carbocycles. The summed E-state index contributed by atoms with van der Waals surface area (Å²) in [7, 11) is 3.09. The van der Waals surface area contributed by atoms with Gasteiger partial charge in [-0.05, 0) is 25.0 Å². The predicted octanol–water partition coefficient (Wildman–Crippen LogP) is 2.95. The largest absolute Gasteiger partial charge is 0.493 e. The molecule has 7 nitrogen and oxygen atoms in total. The number of anilines is 1. The van der Waals surface area contributed by atoms with Crippen molar-refractivity contribution < 1.29 is 19.1 Å². The molecular formula is C19H25N3O4S. The number of thioether (sulfide) groups is 1. The Bertz CT molecular complexity index is 732. The second kappa shape index (κ2) is 9.12. The fraction of sp³-hybridized carbons (Fsp3) is 0.526. The van der Waals surface area contributed by atoms with Crippen LogP contribution in [0.1, 0.15) is 38.5 Å². The minimum Gasteiger partial charge on any atom is -0.493 e. The molecule has 0 radical (unpaired) electrons. The van der Waals surface area contributed by atoms with E-state index in [-0.39, 0.29) is 18.2 Å². The zero-order valence-corrected chi connectivity index (χ0v) is 16.4. The van der Waals surface area contributed by atoms with Crippen molar-refractivity contribution in [1.29, 1.82) is 0 Å². The minimum absolute atomic E-state index is 0.0918. The number of methoxy groups -OCH3 is 2. The number of rotatable bonds is 6. The number of carbonyl (C=O) groups excluding carboxylic acids is 2. The van der Waals surface area contributed by atoms with Gasteiger partial charge in [-0.3, -0.25) is 14.6 Å². The second-order valence-corrected chi connectivity index (χ2v) is 7.84. The van der Waals surface area contributed by atoms with Crippen LogP contribution in [0, 0.1) is 0 Å². The number of amides is 2. The molecule has 2 fully saturated rings. The fourth-order valence-corrected chi connectivity index (χ4v) is 4.31. The molecule has 2 N–H and O–H groups in total. The molecule has 1 saturated carbocycles. The molecule has 1 aliphatic heterocycles. The molecule has 146 valence electrons. The Labute approximate surface area is 163 Å². The van der Waals surface area contributed by atoms with Gasteiger partial charge >= 0.3 is 0 Å². The summed E-state index contributed by atoms with van der Waals surface area (Å²) in [5.74, 6) is 0.737. The van der Waals surface area contributed by atoms with Gasteiger partial charge in [0, 0.05) is 18.2 Å². The van der Waals surface area contributed by atoms with E-state index in [1.54, 1.807) is 25.3 Å². The van der Waals surface area contributed by atoms with Crippen molar-refractivity contribution >= 4 is 34.4 Å². The van der Waals surface area contributed by atoms with E-state index in [0.29, 0.717) is 28.4 Å². The van der Waals surface area contributed by atoms with E-state index >= 15 is 0 Å². The molecule has 1 atom stereocenters. The lowest BCUT2D eigenvalue weighted by Gasteiger charge is -2.17. The third kappa shape index (κ3) is 5.15. The van der Waals surface area contributed by atoms with Gasteiger partial charge in [-0.1, -0.05) is 31.0 Å². The van der Waals surface area contributed by atoms with E-state index in [1.165, 1.54) is 38.1 Å². The highest BCUT2D eigenvalue weighted by Crippen LogP contribution is 2.30. The van der Waals surface area contributed by atoms with Crippen LogP contribution >= 0.6 is 11.8 Å². The normalized spacial score (nSPS) is 21.8. The Morgan fingerprint density at radius 1 is 1.22 bits per heavy atom. The number of hydrogen-bond acceptors (Lipinski definition) is 6. The fourth-order valence-electron chi connectivity index (χ4n) is 3.27. The Balaban J connectivity index is 1.56. The van der Waals surface area contributed by atoms with Crippen molar-refractivity contribution in [3.05, 3.63) is 18.2 Å². The first kappa shape index (κ1) is 19.5. The van der Waals surface area contributed by atoms with E-state index in [1.807, 2.05) is 0 Å². The molecule has 2 amide bonds. The molecule has 3 rings (SSSR count). The summed E-state index contributed by atoms with van der Waals surface area (Å²) in [4.78, 5) is 29.2. The lowest BCUT2D eigenvalue weighted by molar-refractivity contribution is -0.122. The molecule has 1 unspecified atom stereocenters. The molecule has 1 aromatic rings. The van der Waals surface area contributed by atoms with Crippen molar-refractivity contribution in [1.82, 2.24) is 5.32 Å². The SMILES string of the molecule is COc1ccc(NC(=O)CC2SC(=NC3CCCCC3)NC2=O)cc1OC. The van der Waals surface area contributed by atoms with Crippen molar-refractivity contribution in [3.8, 4) is 11.5 Å². The summed E-state index contributed by atoms with van der Waals surface area (Å²) in [6.07, 6.45) is 5.89. The summed E-state index contributed by atoms with van der Waals surface area (Å²) < 4.78 is 10.4. The number of benzene rings is 1. The highest BCUT2D eigenvalue weighted by Gasteiger charge is 2.32. The smallest absolute Gasteiger partial charge is 0.240 e. The van der Waals surface area contributed by atoms with Crippen molar-refractivity contribution in [2.75, 3.05) is 19.5 Å². The zero-order chi connectivity index (χ0) is 19.2. The van der Waals surface area contributed by atoms with Gasteiger partial charge in [0.05, 0.1) is 20.3 Å². The average Bonchev–Trinajstić information content (AvgIpc) is 3.01. The van der Waals surface area contributed by atoms with Gasteiger partial charge in [-0.25, -0.2) is 0 Å². The monoisotopic (exact) mass is 391 g/mol. The van der Waals surface area contributed by atoms with E-state index in [4.69, 9.17) is 9.47 Å². The number of nitrogens with zero attached hydrogens (tertiary/aromatic N) is 1. The molecule has 27 heavy (non-hydrogen) atoms. The van der Waals surface area contributed by atoms with Gasteiger partial charge in [0.2, 0.25) is 11.8 Å². The van der Waals surface area contributed by atoms with Gasteiger partial charge in [0.25, 0.3) is 0 Å². The van der Waals surface area contributed by atoms with Crippen LogP contribution in [0.15, 0.2) is 23.2 Å². The van der Waals surface area contributed by atoms with E-state index < -0.39 is 5.25 Å². The van der Waals surface area contributed by atoms with Crippen LogP contribution < -0.4 is 20.1 Å². The van der Waals surface area contributed by atoms with Crippen molar-refractivity contribution in [3.63, 3.8) is 0 Å². The summed E-state index contributed by atoms with van der Waals surface area (Å²) in [6, 6.07) is 5.44. The molecule has 0 bridgehead atoms. The Kier molecular flexibility index (Phi) is 6.60. The lowest BCUT2D eigenvalue weighted by Crippen LogP contribution is -2.28. The van der Waals surface area contributed by atoms with Gasteiger partial charge in [-0.15, -0.1) is 0 Å². The lowest BCUT2D eigenvalue weighted by atomic mass is 9.96. The maximum absolute atomic E-state index is 12.3. The summed E-state index contributed by atoms with van der Waals surface area (Å²) >= 11 is 1.35. The van der Waals surface area contributed by atoms with Crippen molar-refractivity contribution in [2.24, 2.45) is 4.99 Å². The Morgan fingerprint density at radius 3 is 2.67 bits per heavy atom. The number of nitrogens with one attached hydrogen (secondary N) is 2. The molecule has 8 heteroatoms. The van der Waals surface area contributed by atoms with Gasteiger partial charge in [0.15, 0.2) is 16.7 Å². The average molecular weight is 391 g/mol. The first-order valence-corrected chi connectivity index (χ1v) is 10.0. The number of aliphatic imine (C=N–C) groups is 1. The van der Waals surface area contributed by atoms with E-state index in [0.717, 1.165) is 12.8 Å². The van der Waals surface area contributed by atoms with Crippen LogP contribution in [0.2, 0.25) is 0 Å². The first-order valence-electron chi connectivity index (χ1n) is 9.16. The highest BCUT2D eigenvalue weighted by molar-refractivity contribution is 8.15. The minimum atomic E-state index is -0.451. The molecule has 2 aliphatic rings. The maximum atomic E-state index is 12.3. The summed E-state index contributed by atoms with van der Waals surface area (Å²) in [5, 5.41) is 5.81. The predicted molar refractivity (Wildman–Crippen MR) is 107 cm³/mol. The summed E-state index contributed by atoms with van der Waals surface area (Å²) in [5.41, 5.74) is 0.595. The molecule has 0 aromatic heterocycles. The molecule has 1 saturated heterocycles. The van der Waals surface area contributed by atoms with Gasteiger partial charge in [-0.2, -0.15) is 0 Å². The number of carbonyl (C=O) groups is 2. The van der Waals surface area contributed by atoms with Gasteiger partial charge < -0.3 is 20.1 Å². The van der Waals surface area contributed by atoms with E-state index in [9.17, 15) is 9.59 Å². The topological polar surface area (TPSA) is 89.0 Å². The second-order valence-electron chi connectivity index (χ2n) is 6.64. The van der Waals surface area contributed by atoms with Crippen LogP contribution in [0.3, 0.4) is 0 Å². The Hall–Kier alpha value is -2.22. The van der Waals surface area contributed by atoms with Crippen LogP contribution in [0.4, 0.5) is 5.69 Å². The quantitative estimate of drug-likeness (QED) is 0.778. The van der Waals surface area contributed by atoms with Crippen LogP contribution in [-0.2, 0) is 9.59 Å². The van der Waals surface area contributed by atoms with Crippen LogP contribution in [0.5, 0.6) is 11.5 Å². The molecule has 1 aromatic carbocycles. The third-order valence-corrected chi connectivity index (χ3v) is 5.79. The molecule has 0 spiro atoms. The highest BCUT2D eigenvalue weighted by atomic mass is 32.2. The molecular weight excluding hydrogens is 366 g/mol. The third-order valence-electron chi connectivity index (χ3n) is 4.69. The van der Waals surface area contributed by atoms with Gasteiger partial charge in [0.1, 0.15) is 5.25 Å².